The predicted octanol–water partition coefficient (Wildman–Crippen LogP) is 4.15. The number of rotatable bonds is 4. The second-order valence-electron chi connectivity index (χ2n) is 7.49. The number of carbonyl (C=O) groups is 1. The zero-order chi connectivity index (χ0) is 21.7. The number of benzene rings is 1. The maximum absolute atomic E-state index is 13.0. The average molecular weight is 429 g/mol. The van der Waals surface area contributed by atoms with Crippen LogP contribution in [0.3, 0.4) is 0 Å². The molecule has 4 nitrogen and oxygen atoms in total. The molecular weight excluding hydrogens is 412 g/mol. The van der Waals surface area contributed by atoms with Gasteiger partial charge in [-0.15, -0.1) is 0 Å². The monoisotopic (exact) mass is 429 g/mol. The molecule has 1 amide bonds. The Labute approximate surface area is 168 Å². The van der Waals surface area contributed by atoms with Crippen LogP contribution in [0.15, 0.2) is 36.5 Å². The first-order chi connectivity index (χ1) is 14.0. The maximum atomic E-state index is 13.0. The third-order valence-electron chi connectivity index (χ3n) is 5.44. The highest BCUT2D eigenvalue weighted by Gasteiger charge is 2.47. The summed E-state index contributed by atoms with van der Waals surface area (Å²) < 4.78 is 76.8. The zero-order valence-electron chi connectivity index (χ0n) is 15.6. The van der Waals surface area contributed by atoms with Crippen LogP contribution >= 0.6 is 0 Å². The molecule has 10 heteroatoms. The number of amides is 1. The van der Waals surface area contributed by atoms with Gasteiger partial charge in [0, 0.05) is 37.9 Å². The zero-order valence-corrected chi connectivity index (χ0v) is 15.6. The molecule has 2 aromatic rings. The second kappa shape index (κ2) is 7.26. The summed E-state index contributed by atoms with van der Waals surface area (Å²) in [6.07, 6.45) is -7.21. The van der Waals surface area contributed by atoms with Crippen LogP contribution in [0.25, 0.3) is 11.1 Å². The number of halogens is 6. The SMILES string of the molecule is O=C1Cc2ncc(-c3cccc(C(F)(F)F)c3)cc2N1CCN1CC(C(F)(F)F)C1. The van der Waals surface area contributed by atoms with Gasteiger partial charge in [-0.05, 0) is 23.8 Å². The van der Waals surface area contributed by atoms with E-state index in [1.165, 1.54) is 23.2 Å². The standard InChI is InChI=1S/C20H17F6N3O/c21-19(22,23)14-3-1-2-12(6-14)13-7-17-16(27-9-13)8-18(30)29(17)5-4-28-10-15(11-28)20(24,25)26/h1-3,6-7,9,15H,4-5,8,10-11H2. The number of carbonyl (C=O) groups excluding carboxylic acids is 1. The van der Waals surface area contributed by atoms with Crippen molar-refractivity contribution in [1.82, 2.24) is 9.88 Å². The molecule has 0 radical (unpaired) electrons. The van der Waals surface area contributed by atoms with E-state index in [9.17, 15) is 31.1 Å². The number of alkyl halides is 6. The predicted molar refractivity (Wildman–Crippen MR) is 96.7 cm³/mol. The summed E-state index contributed by atoms with van der Waals surface area (Å²) in [5.74, 6) is -1.57. The molecule has 1 fully saturated rings. The number of hydrogen-bond donors (Lipinski definition) is 0. The maximum Gasteiger partial charge on any atom is 0.416 e. The summed E-state index contributed by atoms with van der Waals surface area (Å²) in [6.45, 7) is 0.289. The number of nitrogens with zero attached hydrogens (tertiary/aromatic N) is 3. The molecule has 0 unspecified atom stereocenters. The lowest BCUT2D eigenvalue weighted by atomic mass is 10.00. The Hall–Kier alpha value is -2.62. The summed E-state index contributed by atoms with van der Waals surface area (Å²) in [4.78, 5) is 19.6. The van der Waals surface area contributed by atoms with E-state index in [0.717, 1.165) is 12.1 Å². The van der Waals surface area contributed by atoms with E-state index in [4.69, 9.17) is 0 Å². The molecule has 2 aliphatic heterocycles. The first-order valence-corrected chi connectivity index (χ1v) is 9.28. The van der Waals surface area contributed by atoms with Gasteiger partial charge in [-0.1, -0.05) is 12.1 Å². The van der Waals surface area contributed by atoms with Crippen molar-refractivity contribution >= 4 is 11.6 Å². The Morgan fingerprint density at radius 1 is 1.00 bits per heavy atom. The molecule has 2 aliphatic rings. The summed E-state index contributed by atoms with van der Waals surface area (Å²) in [7, 11) is 0. The molecule has 3 heterocycles. The van der Waals surface area contributed by atoms with Crippen molar-refractivity contribution in [3.8, 4) is 11.1 Å². The minimum atomic E-state index is -4.48. The smallest absolute Gasteiger partial charge is 0.309 e. The highest BCUT2D eigenvalue weighted by atomic mass is 19.4. The van der Waals surface area contributed by atoms with Crippen molar-refractivity contribution < 1.29 is 31.1 Å². The van der Waals surface area contributed by atoms with Gasteiger partial charge in [0.1, 0.15) is 0 Å². The largest absolute Gasteiger partial charge is 0.416 e. The third-order valence-corrected chi connectivity index (χ3v) is 5.44. The Morgan fingerprint density at radius 3 is 2.40 bits per heavy atom. The number of aromatic nitrogens is 1. The highest BCUT2D eigenvalue weighted by Crippen LogP contribution is 2.36. The van der Waals surface area contributed by atoms with Gasteiger partial charge in [-0.3, -0.25) is 9.78 Å². The number of fused-ring (bicyclic) bond motifs is 1. The number of anilines is 1. The molecule has 30 heavy (non-hydrogen) atoms. The van der Waals surface area contributed by atoms with Crippen LogP contribution in [0.5, 0.6) is 0 Å². The van der Waals surface area contributed by atoms with Crippen molar-refractivity contribution in [3.05, 3.63) is 47.8 Å². The molecule has 1 aromatic carbocycles. The normalized spacial score (nSPS) is 17.9. The molecule has 0 atom stereocenters. The van der Waals surface area contributed by atoms with Gasteiger partial charge < -0.3 is 9.80 Å². The van der Waals surface area contributed by atoms with Crippen molar-refractivity contribution in [2.45, 2.75) is 18.8 Å². The van der Waals surface area contributed by atoms with Crippen LogP contribution in [-0.2, 0) is 17.4 Å². The van der Waals surface area contributed by atoms with Gasteiger partial charge in [0.05, 0.1) is 29.3 Å². The van der Waals surface area contributed by atoms with Crippen LogP contribution in [0.1, 0.15) is 11.3 Å². The molecule has 0 bridgehead atoms. The van der Waals surface area contributed by atoms with E-state index in [1.54, 1.807) is 11.0 Å². The molecule has 1 aromatic heterocycles. The topological polar surface area (TPSA) is 36.4 Å². The summed E-state index contributed by atoms with van der Waals surface area (Å²) in [6, 6.07) is 6.42. The van der Waals surface area contributed by atoms with Crippen LogP contribution in [0, 0.1) is 5.92 Å². The van der Waals surface area contributed by atoms with Gasteiger partial charge in [0.15, 0.2) is 0 Å². The lowest BCUT2D eigenvalue weighted by molar-refractivity contribution is -0.208. The molecule has 160 valence electrons. The van der Waals surface area contributed by atoms with Gasteiger partial charge in [0.25, 0.3) is 0 Å². The van der Waals surface area contributed by atoms with E-state index in [-0.39, 0.29) is 38.5 Å². The van der Waals surface area contributed by atoms with Gasteiger partial charge in [-0.2, -0.15) is 26.3 Å². The minimum absolute atomic E-state index is 0.0589. The van der Waals surface area contributed by atoms with Gasteiger partial charge in [-0.25, -0.2) is 0 Å². The summed E-state index contributed by atoms with van der Waals surface area (Å²) >= 11 is 0. The van der Waals surface area contributed by atoms with E-state index < -0.39 is 23.8 Å². The molecule has 0 spiro atoms. The Kier molecular flexibility index (Phi) is 5.00. The molecule has 1 saturated heterocycles. The number of likely N-dealkylation sites (tertiary alicyclic amines) is 1. The van der Waals surface area contributed by atoms with Crippen molar-refractivity contribution in [2.24, 2.45) is 5.92 Å². The highest BCUT2D eigenvalue weighted by molar-refractivity contribution is 6.01. The Morgan fingerprint density at radius 2 is 1.73 bits per heavy atom. The quantitative estimate of drug-likeness (QED) is 0.686. The van der Waals surface area contributed by atoms with E-state index in [2.05, 4.69) is 4.98 Å². The Balaban J connectivity index is 1.50. The van der Waals surface area contributed by atoms with Crippen molar-refractivity contribution in [1.29, 1.82) is 0 Å². The molecule has 0 N–H and O–H groups in total. The van der Waals surface area contributed by atoms with Crippen LogP contribution in [-0.4, -0.2) is 48.1 Å². The lowest BCUT2D eigenvalue weighted by Gasteiger charge is -2.40. The van der Waals surface area contributed by atoms with Crippen LogP contribution in [0.2, 0.25) is 0 Å². The molecule has 0 saturated carbocycles. The third kappa shape index (κ3) is 4.00. The lowest BCUT2D eigenvalue weighted by Crippen LogP contribution is -2.55. The van der Waals surface area contributed by atoms with E-state index in [1.807, 2.05) is 0 Å². The molecule has 0 aliphatic carbocycles. The fourth-order valence-electron chi connectivity index (χ4n) is 3.70. The number of hydrogen-bond acceptors (Lipinski definition) is 3. The fraction of sp³-hybridized carbons (Fsp3) is 0.400. The van der Waals surface area contributed by atoms with Crippen molar-refractivity contribution in [2.75, 3.05) is 31.1 Å². The van der Waals surface area contributed by atoms with Gasteiger partial charge >= 0.3 is 12.4 Å². The summed E-state index contributed by atoms with van der Waals surface area (Å²) in [5, 5.41) is 0. The van der Waals surface area contributed by atoms with E-state index >= 15 is 0 Å². The Bertz CT molecular complexity index is 966. The molecule has 4 rings (SSSR count). The molecular formula is C20H17F6N3O. The fourth-order valence-corrected chi connectivity index (χ4v) is 3.70. The van der Waals surface area contributed by atoms with Crippen molar-refractivity contribution in [3.63, 3.8) is 0 Å². The van der Waals surface area contributed by atoms with Gasteiger partial charge in [0.2, 0.25) is 5.91 Å². The second-order valence-corrected chi connectivity index (χ2v) is 7.49. The first-order valence-electron chi connectivity index (χ1n) is 9.28. The first kappa shape index (κ1) is 20.6. The van der Waals surface area contributed by atoms with E-state index in [0.29, 0.717) is 22.5 Å². The van der Waals surface area contributed by atoms with Crippen LogP contribution in [0.4, 0.5) is 32.0 Å². The number of pyridine rings is 1. The minimum Gasteiger partial charge on any atom is -0.309 e. The average Bonchev–Trinajstić information content (AvgIpc) is 2.93. The van der Waals surface area contributed by atoms with Crippen LogP contribution < -0.4 is 4.90 Å². The summed E-state index contributed by atoms with van der Waals surface area (Å²) in [5.41, 5.74) is 0.955.